The lowest BCUT2D eigenvalue weighted by Crippen LogP contribution is -2.63. The number of benzene rings is 1. The summed E-state index contributed by atoms with van der Waals surface area (Å²) in [6.07, 6.45) is 0. The van der Waals surface area contributed by atoms with Crippen LogP contribution in [-0.2, 0) is 0 Å². The van der Waals surface area contributed by atoms with Crippen LogP contribution in [0.1, 0.15) is 10.4 Å². The van der Waals surface area contributed by atoms with Gasteiger partial charge in [-0.25, -0.2) is 0 Å². The molecule has 1 aromatic rings. The first kappa shape index (κ1) is 14.5. The highest BCUT2D eigenvalue weighted by Gasteiger charge is 2.35. The van der Waals surface area contributed by atoms with Crippen molar-refractivity contribution in [1.29, 1.82) is 0 Å². The van der Waals surface area contributed by atoms with E-state index in [4.69, 9.17) is 0 Å². The Kier molecular flexibility index (Phi) is 4.45. The Morgan fingerprint density at radius 2 is 1.70 bits per heavy atom. The van der Waals surface area contributed by atoms with Crippen LogP contribution in [0.2, 0.25) is 0 Å². The minimum Gasteiger partial charge on any atom is -0.335 e. The van der Waals surface area contributed by atoms with E-state index in [9.17, 15) is 4.79 Å². The molecule has 0 radical (unpaired) electrons. The Labute approximate surface area is 135 Å². The summed E-state index contributed by atoms with van der Waals surface area (Å²) >= 11 is 6.86. The predicted octanol–water partition coefficient (Wildman–Crippen LogP) is 1.94. The molecular formula is C14H17Br2N3O. The van der Waals surface area contributed by atoms with Gasteiger partial charge in [0.2, 0.25) is 0 Å². The van der Waals surface area contributed by atoms with Crippen LogP contribution in [0, 0.1) is 0 Å². The molecule has 2 heterocycles. The number of hydrogen-bond acceptors (Lipinski definition) is 3. The van der Waals surface area contributed by atoms with Gasteiger partial charge in [0.15, 0.2) is 0 Å². The Hall–Kier alpha value is -0.430. The van der Waals surface area contributed by atoms with Crippen molar-refractivity contribution in [1.82, 2.24) is 15.1 Å². The largest absolute Gasteiger partial charge is 0.335 e. The highest BCUT2D eigenvalue weighted by Crippen LogP contribution is 2.24. The molecule has 0 saturated carbocycles. The minimum absolute atomic E-state index is 0.124. The van der Waals surface area contributed by atoms with Gasteiger partial charge in [0, 0.05) is 59.8 Å². The number of carbonyl (C=O) groups excluding carboxylic acids is 1. The molecule has 0 bridgehead atoms. The van der Waals surface area contributed by atoms with Crippen molar-refractivity contribution >= 4 is 37.8 Å². The average molecular weight is 403 g/mol. The predicted molar refractivity (Wildman–Crippen MR) is 86.0 cm³/mol. The molecule has 0 aromatic heterocycles. The first-order valence-corrected chi connectivity index (χ1v) is 8.42. The van der Waals surface area contributed by atoms with Crippen molar-refractivity contribution in [3.05, 3.63) is 32.7 Å². The summed E-state index contributed by atoms with van der Waals surface area (Å²) in [5, 5.41) is 3.36. The zero-order chi connectivity index (χ0) is 14.1. The van der Waals surface area contributed by atoms with Gasteiger partial charge in [-0.05, 0) is 18.2 Å². The van der Waals surface area contributed by atoms with Gasteiger partial charge in [-0.1, -0.05) is 31.9 Å². The smallest absolute Gasteiger partial charge is 0.254 e. The van der Waals surface area contributed by atoms with E-state index in [1.54, 1.807) is 0 Å². The Balaban J connectivity index is 1.60. The number of hydrogen-bond donors (Lipinski definition) is 1. The van der Waals surface area contributed by atoms with Crippen LogP contribution < -0.4 is 5.32 Å². The molecule has 0 unspecified atom stereocenters. The van der Waals surface area contributed by atoms with E-state index in [0.29, 0.717) is 6.04 Å². The van der Waals surface area contributed by atoms with Gasteiger partial charge in [-0.3, -0.25) is 9.69 Å². The zero-order valence-electron chi connectivity index (χ0n) is 11.1. The van der Waals surface area contributed by atoms with Crippen LogP contribution in [0.5, 0.6) is 0 Å². The highest BCUT2D eigenvalue weighted by atomic mass is 79.9. The Morgan fingerprint density at radius 1 is 1.10 bits per heavy atom. The molecule has 108 valence electrons. The summed E-state index contributed by atoms with van der Waals surface area (Å²) in [6.45, 7) is 6.00. The third-order valence-corrected chi connectivity index (χ3v) is 4.84. The molecule has 0 spiro atoms. The fourth-order valence-electron chi connectivity index (χ4n) is 2.76. The summed E-state index contributed by atoms with van der Waals surface area (Å²) in [6, 6.07) is 6.24. The molecular weight excluding hydrogens is 386 g/mol. The number of likely N-dealkylation sites (tertiary alicyclic amines) is 1. The molecule has 1 amide bonds. The van der Waals surface area contributed by atoms with E-state index in [-0.39, 0.29) is 5.91 Å². The topological polar surface area (TPSA) is 35.6 Å². The highest BCUT2D eigenvalue weighted by molar-refractivity contribution is 9.11. The Bertz CT molecular complexity index is 491. The van der Waals surface area contributed by atoms with Crippen LogP contribution in [0.3, 0.4) is 0 Å². The zero-order valence-corrected chi connectivity index (χ0v) is 14.3. The molecule has 0 atom stereocenters. The fraction of sp³-hybridized carbons (Fsp3) is 0.500. The molecule has 1 aromatic carbocycles. The van der Waals surface area contributed by atoms with Crippen molar-refractivity contribution in [3.8, 4) is 0 Å². The maximum atomic E-state index is 12.4. The van der Waals surface area contributed by atoms with Crippen molar-refractivity contribution in [2.45, 2.75) is 6.04 Å². The van der Waals surface area contributed by atoms with Gasteiger partial charge in [0.1, 0.15) is 0 Å². The maximum absolute atomic E-state index is 12.4. The van der Waals surface area contributed by atoms with Gasteiger partial charge < -0.3 is 10.2 Å². The number of rotatable bonds is 2. The third kappa shape index (κ3) is 3.08. The normalized spacial score (nSPS) is 20.8. The molecule has 2 fully saturated rings. The monoisotopic (exact) mass is 401 g/mol. The van der Waals surface area contributed by atoms with Crippen LogP contribution in [-0.4, -0.2) is 61.0 Å². The Morgan fingerprint density at radius 3 is 2.30 bits per heavy atom. The van der Waals surface area contributed by atoms with Gasteiger partial charge in [0.25, 0.3) is 5.91 Å². The standard InChI is InChI=1S/C14H17Br2N3O/c15-11-5-10(6-12(16)7-11)14(20)19-8-13(9-19)18-3-1-17-2-4-18/h5-7,13,17H,1-4,8-9H2. The van der Waals surface area contributed by atoms with Crippen LogP contribution in [0.25, 0.3) is 0 Å². The molecule has 2 aliphatic heterocycles. The number of nitrogens with zero attached hydrogens (tertiary/aromatic N) is 2. The number of carbonyl (C=O) groups is 1. The number of amides is 1. The lowest BCUT2D eigenvalue weighted by molar-refractivity contribution is 0.0227. The van der Waals surface area contributed by atoms with E-state index >= 15 is 0 Å². The summed E-state index contributed by atoms with van der Waals surface area (Å²) in [5.41, 5.74) is 0.741. The van der Waals surface area contributed by atoms with E-state index < -0.39 is 0 Å². The van der Waals surface area contributed by atoms with Crippen LogP contribution >= 0.6 is 31.9 Å². The molecule has 0 aliphatic carbocycles. The molecule has 6 heteroatoms. The summed E-state index contributed by atoms with van der Waals surface area (Å²) in [7, 11) is 0. The summed E-state index contributed by atoms with van der Waals surface area (Å²) in [5.74, 6) is 0.124. The summed E-state index contributed by atoms with van der Waals surface area (Å²) < 4.78 is 1.85. The van der Waals surface area contributed by atoms with Crippen molar-refractivity contribution in [2.24, 2.45) is 0 Å². The van der Waals surface area contributed by atoms with Gasteiger partial charge in [-0.2, -0.15) is 0 Å². The quantitative estimate of drug-likeness (QED) is 0.821. The molecule has 2 saturated heterocycles. The third-order valence-electron chi connectivity index (χ3n) is 3.93. The molecule has 4 nitrogen and oxygen atoms in total. The second-order valence-electron chi connectivity index (χ2n) is 5.31. The molecule has 20 heavy (non-hydrogen) atoms. The number of piperazine rings is 1. The van der Waals surface area contributed by atoms with Gasteiger partial charge in [-0.15, -0.1) is 0 Å². The number of nitrogens with one attached hydrogen (secondary N) is 1. The summed E-state index contributed by atoms with van der Waals surface area (Å²) in [4.78, 5) is 16.8. The van der Waals surface area contributed by atoms with Crippen molar-refractivity contribution in [2.75, 3.05) is 39.3 Å². The molecule has 2 aliphatic rings. The van der Waals surface area contributed by atoms with Crippen molar-refractivity contribution in [3.63, 3.8) is 0 Å². The van der Waals surface area contributed by atoms with E-state index in [1.807, 2.05) is 23.1 Å². The maximum Gasteiger partial charge on any atom is 0.254 e. The van der Waals surface area contributed by atoms with Crippen LogP contribution in [0.4, 0.5) is 0 Å². The average Bonchev–Trinajstić information content (AvgIpc) is 2.37. The SMILES string of the molecule is O=C(c1cc(Br)cc(Br)c1)N1CC(N2CCNCC2)C1. The van der Waals surface area contributed by atoms with Crippen molar-refractivity contribution < 1.29 is 4.79 Å². The lowest BCUT2D eigenvalue weighted by Gasteiger charge is -2.46. The van der Waals surface area contributed by atoms with Crippen LogP contribution in [0.15, 0.2) is 27.1 Å². The molecule has 3 rings (SSSR count). The molecule has 1 N–H and O–H groups in total. The van der Waals surface area contributed by atoms with E-state index in [1.165, 1.54) is 0 Å². The minimum atomic E-state index is 0.124. The fourth-order valence-corrected chi connectivity index (χ4v) is 4.05. The lowest BCUT2D eigenvalue weighted by atomic mass is 10.0. The second-order valence-corrected chi connectivity index (χ2v) is 7.14. The number of halogens is 2. The van der Waals surface area contributed by atoms with E-state index in [2.05, 4.69) is 42.1 Å². The van der Waals surface area contributed by atoms with E-state index in [0.717, 1.165) is 53.8 Å². The first-order valence-electron chi connectivity index (χ1n) is 6.83. The van der Waals surface area contributed by atoms with Gasteiger partial charge in [0.05, 0.1) is 0 Å². The first-order chi connectivity index (χ1) is 9.63. The van der Waals surface area contributed by atoms with Gasteiger partial charge >= 0.3 is 0 Å². The second kappa shape index (κ2) is 6.13.